The van der Waals surface area contributed by atoms with Crippen molar-refractivity contribution in [3.8, 4) is 0 Å². The van der Waals surface area contributed by atoms with Crippen LogP contribution in [0.15, 0.2) is 18.3 Å². The number of pyridine rings is 1. The predicted molar refractivity (Wildman–Crippen MR) is 57.8 cm³/mol. The van der Waals surface area contributed by atoms with Crippen molar-refractivity contribution in [3.05, 3.63) is 29.6 Å². The van der Waals surface area contributed by atoms with Crippen LogP contribution in [-0.2, 0) is 9.59 Å². The Hall–Kier alpha value is -1.91. The Kier molecular flexibility index (Phi) is 3.99. The summed E-state index contributed by atoms with van der Waals surface area (Å²) in [6.45, 7) is 3.24. The van der Waals surface area contributed by atoms with Crippen LogP contribution < -0.4 is 5.32 Å². The first kappa shape index (κ1) is 12.2. The summed E-state index contributed by atoms with van der Waals surface area (Å²) in [5.74, 6) is -1.24. The summed E-state index contributed by atoms with van der Waals surface area (Å²) in [7, 11) is 0. The van der Waals surface area contributed by atoms with E-state index in [1.807, 2.05) is 13.0 Å². The average Bonchev–Trinajstić information content (AvgIpc) is 2.16. The van der Waals surface area contributed by atoms with Crippen LogP contribution in [0.5, 0.6) is 0 Å². The summed E-state index contributed by atoms with van der Waals surface area (Å²) >= 11 is 0. The van der Waals surface area contributed by atoms with Crippen molar-refractivity contribution in [2.75, 3.05) is 0 Å². The number of aryl methyl sites for hydroxylation is 1. The number of nitrogens with zero attached hydrogens (tertiary/aromatic N) is 1. The molecule has 1 atom stereocenters. The van der Waals surface area contributed by atoms with Gasteiger partial charge in [0.15, 0.2) is 0 Å². The van der Waals surface area contributed by atoms with Gasteiger partial charge in [0.05, 0.1) is 18.2 Å². The number of hydrogen-bond acceptors (Lipinski definition) is 3. The van der Waals surface area contributed by atoms with Gasteiger partial charge >= 0.3 is 5.97 Å². The van der Waals surface area contributed by atoms with E-state index in [0.717, 1.165) is 5.56 Å². The second-order valence-corrected chi connectivity index (χ2v) is 3.61. The summed E-state index contributed by atoms with van der Waals surface area (Å²) in [4.78, 5) is 25.7. The fraction of sp³-hybridized carbons (Fsp3) is 0.364. The molecule has 0 saturated heterocycles. The normalized spacial score (nSPS) is 11.9. The van der Waals surface area contributed by atoms with E-state index < -0.39 is 12.0 Å². The van der Waals surface area contributed by atoms with E-state index in [-0.39, 0.29) is 12.3 Å². The number of carboxylic acid groups (broad SMARTS) is 1. The molecule has 0 aromatic carbocycles. The van der Waals surface area contributed by atoms with Crippen molar-refractivity contribution in [2.24, 2.45) is 0 Å². The second-order valence-electron chi connectivity index (χ2n) is 3.61. The number of aromatic nitrogens is 1. The molecule has 86 valence electrons. The minimum Gasteiger partial charge on any atom is -0.481 e. The number of nitrogens with one attached hydrogen (secondary N) is 1. The molecule has 1 aromatic rings. The summed E-state index contributed by atoms with van der Waals surface area (Å²) in [5.41, 5.74) is 1.55. The van der Waals surface area contributed by atoms with Gasteiger partial charge in [0.2, 0.25) is 5.91 Å². The van der Waals surface area contributed by atoms with E-state index in [9.17, 15) is 9.59 Å². The molecule has 1 aromatic heterocycles. The Bertz CT molecular complexity index is 371. The van der Waals surface area contributed by atoms with Crippen LogP contribution >= 0.6 is 0 Å². The standard InChI is InChI=1S/C11H14N2O3/c1-7-3-4-9(12-6-7)10(5-11(15)16)13-8(2)14/h3-4,6,10H,5H2,1-2H3,(H,13,14)(H,15,16). The molecule has 0 spiro atoms. The smallest absolute Gasteiger partial charge is 0.305 e. The number of carbonyl (C=O) groups is 2. The van der Waals surface area contributed by atoms with Gasteiger partial charge in [-0.05, 0) is 18.6 Å². The molecule has 5 heteroatoms. The van der Waals surface area contributed by atoms with Gasteiger partial charge in [0.25, 0.3) is 0 Å². The Morgan fingerprint density at radius 3 is 2.62 bits per heavy atom. The SMILES string of the molecule is CC(=O)NC(CC(=O)O)c1ccc(C)cn1. The molecule has 0 aliphatic heterocycles. The zero-order valence-electron chi connectivity index (χ0n) is 9.23. The molecule has 0 radical (unpaired) electrons. The van der Waals surface area contributed by atoms with Crippen LogP contribution in [0.2, 0.25) is 0 Å². The van der Waals surface area contributed by atoms with E-state index in [0.29, 0.717) is 5.69 Å². The van der Waals surface area contributed by atoms with Crippen LogP contribution in [-0.4, -0.2) is 22.0 Å². The first-order chi connectivity index (χ1) is 7.49. The van der Waals surface area contributed by atoms with Gasteiger partial charge in [-0.1, -0.05) is 6.07 Å². The van der Waals surface area contributed by atoms with Crippen LogP contribution in [0.3, 0.4) is 0 Å². The Morgan fingerprint density at radius 1 is 1.50 bits per heavy atom. The maximum Gasteiger partial charge on any atom is 0.305 e. The number of amides is 1. The summed E-state index contributed by atoms with van der Waals surface area (Å²) < 4.78 is 0. The molecule has 0 fully saturated rings. The molecule has 16 heavy (non-hydrogen) atoms. The minimum absolute atomic E-state index is 0.171. The maximum atomic E-state index is 10.9. The average molecular weight is 222 g/mol. The van der Waals surface area contributed by atoms with Crippen molar-refractivity contribution in [1.29, 1.82) is 0 Å². The van der Waals surface area contributed by atoms with Gasteiger partial charge < -0.3 is 10.4 Å². The molecule has 1 unspecified atom stereocenters. The summed E-state index contributed by atoms with van der Waals surface area (Å²) in [6, 6.07) is 2.98. The lowest BCUT2D eigenvalue weighted by Gasteiger charge is -2.15. The number of aliphatic carboxylic acids is 1. The Labute approximate surface area is 93.5 Å². The fourth-order valence-electron chi connectivity index (χ4n) is 1.33. The lowest BCUT2D eigenvalue weighted by Crippen LogP contribution is -2.28. The molecule has 2 N–H and O–H groups in total. The lowest BCUT2D eigenvalue weighted by molar-refractivity contribution is -0.137. The van der Waals surface area contributed by atoms with Crippen molar-refractivity contribution in [1.82, 2.24) is 10.3 Å². The monoisotopic (exact) mass is 222 g/mol. The molecule has 0 aliphatic carbocycles. The van der Waals surface area contributed by atoms with Crippen LogP contribution in [0.1, 0.15) is 30.6 Å². The molecule has 0 saturated carbocycles. The molecule has 1 rings (SSSR count). The molecule has 0 bridgehead atoms. The van der Waals surface area contributed by atoms with Crippen molar-refractivity contribution in [2.45, 2.75) is 26.3 Å². The largest absolute Gasteiger partial charge is 0.481 e. The molecular formula is C11H14N2O3. The highest BCUT2D eigenvalue weighted by atomic mass is 16.4. The van der Waals surface area contributed by atoms with Crippen molar-refractivity contribution in [3.63, 3.8) is 0 Å². The van der Waals surface area contributed by atoms with Crippen LogP contribution in [0.4, 0.5) is 0 Å². The van der Waals surface area contributed by atoms with Crippen molar-refractivity contribution < 1.29 is 14.7 Å². The minimum atomic E-state index is -0.971. The van der Waals surface area contributed by atoms with E-state index in [1.54, 1.807) is 12.3 Å². The van der Waals surface area contributed by atoms with E-state index in [1.165, 1.54) is 6.92 Å². The van der Waals surface area contributed by atoms with Gasteiger partial charge in [-0.25, -0.2) is 0 Å². The van der Waals surface area contributed by atoms with Crippen LogP contribution in [0, 0.1) is 6.92 Å². The van der Waals surface area contributed by atoms with Gasteiger partial charge in [0, 0.05) is 13.1 Å². The highest BCUT2D eigenvalue weighted by molar-refractivity contribution is 5.75. The molecule has 0 aliphatic rings. The quantitative estimate of drug-likeness (QED) is 0.797. The number of carbonyl (C=O) groups excluding carboxylic acids is 1. The Morgan fingerprint density at radius 2 is 2.19 bits per heavy atom. The molecule has 1 amide bonds. The summed E-state index contributed by atoms with van der Waals surface area (Å²) in [5, 5.41) is 11.3. The first-order valence-corrected chi connectivity index (χ1v) is 4.90. The third-order valence-corrected chi connectivity index (χ3v) is 2.05. The van der Waals surface area contributed by atoms with E-state index >= 15 is 0 Å². The zero-order chi connectivity index (χ0) is 12.1. The lowest BCUT2D eigenvalue weighted by atomic mass is 10.1. The molecule has 5 nitrogen and oxygen atoms in total. The van der Waals surface area contributed by atoms with E-state index in [4.69, 9.17) is 5.11 Å². The zero-order valence-corrected chi connectivity index (χ0v) is 9.23. The Balaban J connectivity index is 2.86. The third-order valence-electron chi connectivity index (χ3n) is 2.05. The summed E-state index contributed by atoms with van der Waals surface area (Å²) in [6.07, 6.45) is 1.47. The van der Waals surface area contributed by atoms with Gasteiger partial charge in [-0.2, -0.15) is 0 Å². The van der Waals surface area contributed by atoms with Gasteiger partial charge in [-0.3, -0.25) is 14.6 Å². The highest BCUT2D eigenvalue weighted by Gasteiger charge is 2.17. The highest BCUT2D eigenvalue weighted by Crippen LogP contribution is 2.14. The topological polar surface area (TPSA) is 79.3 Å². The predicted octanol–water partition coefficient (Wildman–Crippen LogP) is 1.04. The third kappa shape index (κ3) is 3.68. The van der Waals surface area contributed by atoms with Crippen molar-refractivity contribution >= 4 is 11.9 Å². The maximum absolute atomic E-state index is 10.9. The van der Waals surface area contributed by atoms with Gasteiger partial charge in [0.1, 0.15) is 0 Å². The number of rotatable bonds is 4. The molecular weight excluding hydrogens is 208 g/mol. The fourth-order valence-corrected chi connectivity index (χ4v) is 1.33. The number of hydrogen-bond donors (Lipinski definition) is 2. The number of carboxylic acids is 1. The van der Waals surface area contributed by atoms with E-state index in [2.05, 4.69) is 10.3 Å². The molecule has 1 heterocycles. The van der Waals surface area contributed by atoms with Crippen LogP contribution in [0.25, 0.3) is 0 Å². The van der Waals surface area contributed by atoms with Gasteiger partial charge in [-0.15, -0.1) is 0 Å². The first-order valence-electron chi connectivity index (χ1n) is 4.90. The second kappa shape index (κ2) is 5.25.